The van der Waals surface area contributed by atoms with Crippen LogP contribution in [-0.4, -0.2) is 31.7 Å². The molecular weight excluding hydrogens is 376 g/mol. The van der Waals surface area contributed by atoms with E-state index in [1.54, 1.807) is 22.9 Å². The van der Waals surface area contributed by atoms with Gasteiger partial charge in [-0.2, -0.15) is 4.98 Å². The summed E-state index contributed by atoms with van der Waals surface area (Å²) in [4.78, 5) is 17.5. The maximum Gasteiger partial charge on any atom is 0.222 e. The summed E-state index contributed by atoms with van der Waals surface area (Å²) < 4.78 is 1.79. The van der Waals surface area contributed by atoms with Gasteiger partial charge in [0.1, 0.15) is 11.5 Å². The first-order valence-corrected chi connectivity index (χ1v) is 9.78. The Balaban J connectivity index is 1.66. The van der Waals surface area contributed by atoms with Crippen LogP contribution in [0.1, 0.15) is 30.9 Å². The minimum absolute atomic E-state index is 0.0116. The minimum atomic E-state index is -0.304. The third kappa shape index (κ3) is 2.85. The molecule has 0 amide bonds. The van der Waals surface area contributed by atoms with Crippen molar-refractivity contribution in [2.75, 3.05) is 5.32 Å². The normalized spacial score (nSPS) is 23.6. The zero-order valence-corrected chi connectivity index (χ0v) is 15.8. The van der Waals surface area contributed by atoms with Crippen molar-refractivity contribution in [3.63, 3.8) is 0 Å². The summed E-state index contributed by atoms with van der Waals surface area (Å²) in [7, 11) is 0. The lowest BCUT2D eigenvalue weighted by molar-refractivity contribution is -0.126. The average Bonchev–Trinajstić information content (AvgIpc) is 3.10. The molecule has 7 heteroatoms. The van der Waals surface area contributed by atoms with Crippen LogP contribution in [-0.2, 0) is 4.79 Å². The molecule has 1 aliphatic heterocycles. The van der Waals surface area contributed by atoms with Gasteiger partial charge >= 0.3 is 0 Å². The van der Waals surface area contributed by atoms with Gasteiger partial charge in [0.05, 0.1) is 12.0 Å². The second kappa shape index (κ2) is 6.63. The van der Waals surface area contributed by atoms with Crippen LogP contribution in [0.5, 0.6) is 5.75 Å². The van der Waals surface area contributed by atoms with Crippen molar-refractivity contribution in [2.24, 2.45) is 5.92 Å². The standard InChI is InChI=1S/C21H19ClN4O2/c22-14-6-1-5-13(10-14)20-24-21-23-16-8-3-9-17(28)18(16)19(26(21)25-20)12-4-2-7-15(27)11-12/h1-2,4-7,10-11,16,18-19,27H,3,8-9H2,(H,23,24,25). The van der Waals surface area contributed by atoms with E-state index in [9.17, 15) is 9.90 Å². The van der Waals surface area contributed by atoms with Crippen LogP contribution < -0.4 is 5.32 Å². The number of phenolic OH excluding ortho intramolecular Hbond substituents is 1. The lowest BCUT2D eigenvalue weighted by Crippen LogP contribution is -2.48. The van der Waals surface area contributed by atoms with Crippen molar-refractivity contribution in [1.82, 2.24) is 14.8 Å². The predicted octanol–water partition coefficient (Wildman–Crippen LogP) is 4.06. The number of hydrogen-bond donors (Lipinski definition) is 2. The van der Waals surface area contributed by atoms with E-state index >= 15 is 0 Å². The van der Waals surface area contributed by atoms with Gasteiger partial charge in [0.15, 0.2) is 5.82 Å². The van der Waals surface area contributed by atoms with E-state index in [-0.39, 0.29) is 29.5 Å². The molecule has 142 valence electrons. The molecular formula is C21H19ClN4O2. The molecule has 6 nitrogen and oxygen atoms in total. The van der Waals surface area contributed by atoms with E-state index in [2.05, 4.69) is 10.3 Å². The number of rotatable bonds is 2. The lowest BCUT2D eigenvalue weighted by Gasteiger charge is -2.41. The summed E-state index contributed by atoms with van der Waals surface area (Å²) in [5.41, 5.74) is 1.68. The van der Waals surface area contributed by atoms with Gasteiger partial charge in [-0.1, -0.05) is 35.9 Å². The van der Waals surface area contributed by atoms with Gasteiger partial charge in [0.2, 0.25) is 5.95 Å². The summed E-state index contributed by atoms with van der Waals surface area (Å²) in [5.74, 6) is 1.35. The van der Waals surface area contributed by atoms with Crippen molar-refractivity contribution < 1.29 is 9.90 Å². The number of benzene rings is 2. The molecule has 0 spiro atoms. The van der Waals surface area contributed by atoms with Crippen molar-refractivity contribution in [3.8, 4) is 17.1 Å². The van der Waals surface area contributed by atoms with Crippen LogP contribution in [0.4, 0.5) is 5.95 Å². The molecule has 1 aromatic heterocycles. The number of carbonyl (C=O) groups is 1. The van der Waals surface area contributed by atoms with Gasteiger partial charge in [0.25, 0.3) is 0 Å². The molecule has 2 N–H and O–H groups in total. The number of nitrogens with one attached hydrogen (secondary N) is 1. The SMILES string of the molecule is O=C1CCCC2Nc3nc(-c4cccc(Cl)c4)nn3C(c3cccc(O)c3)C12. The summed E-state index contributed by atoms with van der Waals surface area (Å²) in [6.45, 7) is 0. The van der Waals surface area contributed by atoms with Crippen LogP contribution in [0.25, 0.3) is 11.4 Å². The molecule has 28 heavy (non-hydrogen) atoms. The van der Waals surface area contributed by atoms with Crippen molar-refractivity contribution in [3.05, 3.63) is 59.1 Å². The van der Waals surface area contributed by atoms with Gasteiger partial charge in [0, 0.05) is 23.0 Å². The number of carbonyl (C=O) groups excluding carboxylic acids is 1. The summed E-state index contributed by atoms with van der Waals surface area (Å²) in [6, 6.07) is 14.2. The molecule has 2 aromatic carbocycles. The molecule has 0 radical (unpaired) electrons. The van der Waals surface area contributed by atoms with E-state index in [4.69, 9.17) is 16.7 Å². The fourth-order valence-corrected chi connectivity index (χ4v) is 4.56. The lowest BCUT2D eigenvalue weighted by atomic mass is 9.75. The highest BCUT2D eigenvalue weighted by atomic mass is 35.5. The molecule has 1 fully saturated rings. The fraction of sp³-hybridized carbons (Fsp3) is 0.286. The molecule has 1 aliphatic carbocycles. The van der Waals surface area contributed by atoms with Crippen molar-refractivity contribution in [2.45, 2.75) is 31.3 Å². The molecule has 0 bridgehead atoms. The number of phenols is 1. The molecule has 3 unspecified atom stereocenters. The topological polar surface area (TPSA) is 80.0 Å². The quantitative estimate of drug-likeness (QED) is 0.685. The van der Waals surface area contributed by atoms with Crippen LogP contribution >= 0.6 is 11.6 Å². The third-order valence-electron chi connectivity index (χ3n) is 5.59. The Morgan fingerprint density at radius 1 is 1.18 bits per heavy atom. The number of aromatic hydroxyl groups is 1. The largest absolute Gasteiger partial charge is 0.508 e. The maximum absolute atomic E-state index is 12.8. The number of Topliss-reactive ketones (excluding diaryl/α,β-unsaturated/α-hetero) is 1. The highest BCUT2D eigenvalue weighted by Gasteiger charge is 2.45. The number of fused-ring (bicyclic) bond motifs is 2. The van der Waals surface area contributed by atoms with Crippen molar-refractivity contribution in [1.29, 1.82) is 0 Å². The van der Waals surface area contributed by atoms with Gasteiger partial charge in [-0.3, -0.25) is 4.79 Å². The molecule has 1 saturated carbocycles. The number of anilines is 1. The molecule has 2 heterocycles. The number of ketones is 1. The van der Waals surface area contributed by atoms with E-state index < -0.39 is 0 Å². The van der Waals surface area contributed by atoms with Gasteiger partial charge in [-0.25, -0.2) is 4.68 Å². The van der Waals surface area contributed by atoms with E-state index in [1.807, 2.05) is 30.3 Å². The minimum Gasteiger partial charge on any atom is -0.508 e. The summed E-state index contributed by atoms with van der Waals surface area (Å²) in [5, 5.41) is 18.8. The Morgan fingerprint density at radius 2 is 2.04 bits per heavy atom. The van der Waals surface area contributed by atoms with Gasteiger partial charge in [-0.15, -0.1) is 5.10 Å². The number of nitrogens with zero attached hydrogens (tertiary/aromatic N) is 3. The number of aromatic nitrogens is 3. The van der Waals surface area contributed by atoms with Crippen LogP contribution in [0.15, 0.2) is 48.5 Å². The monoisotopic (exact) mass is 394 g/mol. The molecule has 3 atom stereocenters. The van der Waals surface area contributed by atoms with E-state index in [1.165, 1.54) is 0 Å². The Hall–Kier alpha value is -2.86. The predicted molar refractivity (Wildman–Crippen MR) is 106 cm³/mol. The smallest absolute Gasteiger partial charge is 0.222 e. The Morgan fingerprint density at radius 3 is 2.86 bits per heavy atom. The van der Waals surface area contributed by atoms with Crippen LogP contribution in [0, 0.1) is 5.92 Å². The molecule has 2 aliphatic rings. The van der Waals surface area contributed by atoms with Crippen LogP contribution in [0.3, 0.4) is 0 Å². The Bertz CT molecular complexity index is 1060. The number of halogens is 1. The molecule has 5 rings (SSSR count). The van der Waals surface area contributed by atoms with Gasteiger partial charge < -0.3 is 10.4 Å². The third-order valence-corrected chi connectivity index (χ3v) is 5.82. The first kappa shape index (κ1) is 17.3. The highest BCUT2D eigenvalue weighted by Crippen LogP contribution is 2.42. The first-order chi connectivity index (χ1) is 13.6. The van der Waals surface area contributed by atoms with Gasteiger partial charge in [-0.05, 0) is 42.7 Å². The van der Waals surface area contributed by atoms with E-state index in [0.29, 0.717) is 23.2 Å². The van der Waals surface area contributed by atoms with Crippen LogP contribution in [0.2, 0.25) is 5.02 Å². The Labute approximate surface area is 167 Å². The average molecular weight is 395 g/mol. The van der Waals surface area contributed by atoms with E-state index in [0.717, 1.165) is 24.0 Å². The number of hydrogen-bond acceptors (Lipinski definition) is 5. The molecule has 0 saturated heterocycles. The zero-order chi connectivity index (χ0) is 19.3. The second-order valence-corrected chi connectivity index (χ2v) is 7.83. The Kier molecular flexibility index (Phi) is 4.09. The maximum atomic E-state index is 12.8. The molecule has 3 aromatic rings. The zero-order valence-electron chi connectivity index (χ0n) is 15.0. The first-order valence-electron chi connectivity index (χ1n) is 9.41. The van der Waals surface area contributed by atoms with Crippen molar-refractivity contribution >= 4 is 23.3 Å². The summed E-state index contributed by atoms with van der Waals surface area (Å²) >= 11 is 6.13. The fourth-order valence-electron chi connectivity index (χ4n) is 4.37. The summed E-state index contributed by atoms with van der Waals surface area (Å²) in [6.07, 6.45) is 2.35. The second-order valence-electron chi connectivity index (χ2n) is 7.39. The highest BCUT2D eigenvalue weighted by molar-refractivity contribution is 6.30.